The molecule has 5 nitrogen and oxygen atoms in total. The van der Waals surface area contributed by atoms with Crippen molar-refractivity contribution in [3.63, 3.8) is 0 Å². The smallest absolute Gasteiger partial charge is 0.191 e. The van der Waals surface area contributed by atoms with Gasteiger partial charge in [-0.3, -0.25) is 4.99 Å². The van der Waals surface area contributed by atoms with Crippen molar-refractivity contribution in [2.24, 2.45) is 4.99 Å². The first-order valence-corrected chi connectivity index (χ1v) is 7.10. The highest BCUT2D eigenvalue weighted by atomic mass is 127. The van der Waals surface area contributed by atoms with Crippen molar-refractivity contribution in [1.29, 1.82) is 0 Å². The number of rotatable bonds is 6. The lowest BCUT2D eigenvalue weighted by Gasteiger charge is -2.15. The molecule has 2 N–H and O–H groups in total. The second-order valence-electron chi connectivity index (χ2n) is 4.63. The van der Waals surface area contributed by atoms with Crippen molar-refractivity contribution < 1.29 is 9.47 Å². The Hall–Kier alpha value is -1.02. The van der Waals surface area contributed by atoms with E-state index in [0.717, 1.165) is 37.8 Å². The van der Waals surface area contributed by atoms with Gasteiger partial charge in [-0.25, -0.2) is 0 Å². The van der Waals surface area contributed by atoms with Gasteiger partial charge in [-0.05, 0) is 18.6 Å². The largest absolute Gasteiger partial charge is 0.488 e. The maximum absolute atomic E-state index is 5.87. The first kappa shape index (κ1) is 18.0. The molecule has 6 heteroatoms. The number of hydrogen-bond acceptors (Lipinski definition) is 3. The molecule has 0 aliphatic carbocycles. The fraction of sp³-hybridized carbons (Fsp3) is 0.533. The maximum Gasteiger partial charge on any atom is 0.191 e. The van der Waals surface area contributed by atoms with E-state index < -0.39 is 0 Å². The van der Waals surface area contributed by atoms with Gasteiger partial charge in [-0.15, -0.1) is 24.0 Å². The molecular weight excluding hydrogens is 381 g/mol. The van der Waals surface area contributed by atoms with Crippen LogP contribution < -0.4 is 15.4 Å². The minimum atomic E-state index is 0. The van der Waals surface area contributed by atoms with Crippen molar-refractivity contribution in [2.45, 2.75) is 19.4 Å². The van der Waals surface area contributed by atoms with E-state index in [1.807, 2.05) is 25.1 Å². The summed E-state index contributed by atoms with van der Waals surface area (Å²) >= 11 is 0. The average molecular weight is 405 g/mol. The van der Waals surface area contributed by atoms with Crippen LogP contribution in [0, 0.1) is 0 Å². The molecule has 1 unspecified atom stereocenters. The van der Waals surface area contributed by atoms with Crippen LogP contribution in [0.15, 0.2) is 29.3 Å². The third kappa shape index (κ3) is 5.70. The van der Waals surface area contributed by atoms with Crippen molar-refractivity contribution in [3.8, 4) is 5.75 Å². The summed E-state index contributed by atoms with van der Waals surface area (Å²) in [5, 5.41) is 6.49. The third-order valence-corrected chi connectivity index (χ3v) is 3.18. The fourth-order valence-corrected chi connectivity index (χ4v) is 2.18. The van der Waals surface area contributed by atoms with E-state index >= 15 is 0 Å². The van der Waals surface area contributed by atoms with E-state index in [9.17, 15) is 0 Å². The van der Waals surface area contributed by atoms with Crippen molar-refractivity contribution in [1.82, 2.24) is 10.6 Å². The van der Waals surface area contributed by atoms with E-state index in [0.29, 0.717) is 6.61 Å². The van der Waals surface area contributed by atoms with Crippen LogP contribution in [0.25, 0.3) is 0 Å². The molecule has 0 bridgehead atoms. The van der Waals surface area contributed by atoms with Gasteiger partial charge in [0.05, 0.1) is 13.2 Å². The molecular formula is C15H24IN3O2. The Morgan fingerprint density at radius 2 is 2.19 bits per heavy atom. The second kappa shape index (κ2) is 9.83. The highest BCUT2D eigenvalue weighted by molar-refractivity contribution is 14.0. The quantitative estimate of drug-likeness (QED) is 0.328. The average Bonchev–Trinajstić information content (AvgIpc) is 2.89. The van der Waals surface area contributed by atoms with E-state index in [-0.39, 0.29) is 30.1 Å². The molecule has 0 radical (unpaired) electrons. The number of nitrogens with one attached hydrogen (secondary N) is 2. The number of aliphatic imine (C=N–C) groups is 1. The van der Waals surface area contributed by atoms with Crippen LogP contribution in [-0.2, 0) is 11.2 Å². The highest BCUT2D eigenvalue weighted by Gasteiger charge is 2.22. The lowest BCUT2D eigenvalue weighted by molar-refractivity contribution is 0.152. The molecule has 1 heterocycles. The summed E-state index contributed by atoms with van der Waals surface area (Å²) in [7, 11) is 1.76. The van der Waals surface area contributed by atoms with E-state index in [1.165, 1.54) is 5.56 Å². The van der Waals surface area contributed by atoms with Gasteiger partial charge in [0.1, 0.15) is 11.9 Å². The zero-order valence-corrected chi connectivity index (χ0v) is 14.9. The van der Waals surface area contributed by atoms with Crippen molar-refractivity contribution >= 4 is 29.9 Å². The molecule has 0 fully saturated rings. The minimum absolute atomic E-state index is 0. The monoisotopic (exact) mass is 405 g/mol. The molecule has 0 aromatic heterocycles. The summed E-state index contributed by atoms with van der Waals surface area (Å²) in [5.74, 6) is 1.78. The normalized spacial score (nSPS) is 16.7. The van der Waals surface area contributed by atoms with Gasteiger partial charge in [-0.1, -0.05) is 18.2 Å². The topological polar surface area (TPSA) is 54.9 Å². The highest BCUT2D eigenvalue weighted by Crippen LogP contribution is 2.27. The lowest BCUT2D eigenvalue weighted by Crippen LogP contribution is -2.43. The first-order valence-electron chi connectivity index (χ1n) is 7.10. The summed E-state index contributed by atoms with van der Waals surface area (Å²) in [6, 6.07) is 8.18. The van der Waals surface area contributed by atoms with Crippen LogP contribution in [0.2, 0.25) is 0 Å². The third-order valence-electron chi connectivity index (χ3n) is 3.18. The SMILES string of the molecule is CCOCCNC(=NC)NCC1Cc2ccccc2O1.I. The maximum atomic E-state index is 5.87. The van der Waals surface area contributed by atoms with Crippen LogP contribution in [0.4, 0.5) is 0 Å². The lowest BCUT2D eigenvalue weighted by atomic mass is 10.1. The minimum Gasteiger partial charge on any atom is -0.488 e. The van der Waals surface area contributed by atoms with E-state index in [2.05, 4.69) is 21.7 Å². The molecule has 0 saturated carbocycles. The van der Waals surface area contributed by atoms with Gasteiger partial charge < -0.3 is 20.1 Å². The first-order chi connectivity index (χ1) is 9.83. The molecule has 2 rings (SSSR count). The van der Waals surface area contributed by atoms with Gasteiger partial charge in [0.2, 0.25) is 0 Å². The summed E-state index contributed by atoms with van der Waals surface area (Å²) in [4.78, 5) is 4.18. The predicted molar refractivity (Wildman–Crippen MR) is 95.8 cm³/mol. The van der Waals surface area contributed by atoms with E-state index in [4.69, 9.17) is 9.47 Å². The Kier molecular flexibility index (Phi) is 8.44. The Morgan fingerprint density at radius 1 is 1.38 bits per heavy atom. The van der Waals surface area contributed by atoms with Crippen LogP contribution >= 0.6 is 24.0 Å². The molecule has 1 aromatic carbocycles. The molecule has 118 valence electrons. The molecule has 1 aliphatic rings. The summed E-state index contributed by atoms with van der Waals surface area (Å²) in [6.45, 7) is 4.90. The Balaban J connectivity index is 0.00000220. The molecule has 1 atom stereocenters. The van der Waals surface area contributed by atoms with E-state index in [1.54, 1.807) is 7.05 Å². The van der Waals surface area contributed by atoms with Crippen molar-refractivity contribution in [3.05, 3.63) is 29.8 Å². The van der Waals surface area contributed by atoms with Crippen LogP contribution in [0.1, 0.15) is 12.5 Å². The number of guanidine groups is 1. The zero-order chi connectivity index (χ0) is 14.2. The number of nitrogens with zero attached hydrogens (tertiary/aromatic N) is 1. The second-order valence-corrected chi connectivity index (χ2v) is 4.63. The molecule has 1 aliphatic heterocycles. The van der Waals surface area contributed by atoms with Crippen molar-refractivity contribution in [2.75, 3.05) is 33.4 Å². The standard InChI is InChI=1S/C15H23N3O2.HI/c1-3-19-9-8-17-15(16-2)18-11-13-10-12-6-4-5-7-14(12)20-13;/h4-7,13H,3,8-11H2,1-2H3,(H2,16,17,18);1H. The number of fused-ring (bicyclic) bond motifs is 1. The Labute approximate surface area is 143 Å². The molecule has 1 aromatic rings. The molecule has 0 amide bonds. The Bertz CT molecular complexity index is 429. The van der Waals surface area contributed by atoms with Gasteiger partial charge in [0, 0.05) is 26.6 Å². The molecule has 0 spiro atoms. The number of para-hydroxylation sites is 1. The van der Waals surface area contributed by atoms with Crippen LogP contribution in [0.3, 0.4) is 0 Å². The fourth-order valence-electron chi connectivity index (χ4n) is 2.18. The number of halogens is 1. The zero-order valence-electron chi connectivity index (χ0n) is 12.6. The number of hydrogen-bond donors (Lipinski definition) is 2. The van der Waals surface area contributed by atoms with Crippen LogP contribution in [0.5, 0.6) is 5.75 Å². The molecule has 21 heavy (non-hydrogen) atoms. The number of benzene rings is 1. The summed E-state index contributed by atoms with van der Waals surface area (Å²) in [6.07, 6.45) is 1.11. The Morgan fingerprint density at radius 3 is 2.90 bits per heavy atom. The van der Waals surface area contributed by atoms with Gasteiger partial charge in [0.15, 0.2) is 5.96 Å². The van der Waals surface area contributed by atoms with Gasteiger partial charge in [-0.2, -0.15) is 0 Å². The summed E-state index contributed by atoms with van der Waals surface area (Å²) < 4.78 is 11.2. The molecule has 0 saturated heterocycles. The van der Waals surface area contributed by atoms with Gasteiger partial charge in [0.25, 0.3) is 0 Å². The summed E-state index contributed by atoms with van der Waals surface area (Å²) in [5.41, 5.74) is 1.28. The number of ether oxygens (including phenoxy) is 2. The van der Waals surface area contributed by atoms with Gasteiger partial charge >= 0.3 is 0 Å². The predicted octanol–water partition coefficient (Wildman–Crippen LogP) is 1.81. The van der Waals surface area contributed by atoms with Crippen LogP contribution in [-0.4, -0.2) is 45.4 Å².